The Hall–Kier alpha value is -1.09. The molecule has 1 heterocycles. The van der Waals surface area contributed by atoms with Crippen LogP contribution in [0.15, 0.2) is 24.5 Å². The molecule has 0 aromatic carbocycles. The standard InChI is InChI=1S/C9H14NO2/c1-10-5-3-4-9(8-10)12-7-6-11-2/h3-5,8H,6-7H2,1-2H3/q+1. The van der Waals surface area contributed by atoms with Crippen molar-refractivity contribution in [3.05, 3.63) is 24.5 Å². The molecule has 3 nitrogen and oxygen atoms in total. The highest BCUT2D eigenvalue weighted by Crippen LogP contribution is 2.03. The van der Waals surface area contributed by atoms with E-state index in [4.69, 9.17) is 9.47 Å². The van der Waals surface area contributed by atoms with Crippen LogP contribution >= 0.6 is 0 Å². The van der Waals surface area contributed by atoms with Crippen LogP contribution in [0.3, 0.4) is 0 Å². The minimum atomic E-state index is 0.598. The van der Waals surface area contributed by atoms with Crippen molar-refractivity contribution in [2.75, 3.05) is 20.3 Å². The lowest BCUT2D eigenvalue weighted by Gasteiger charge is -2.02. The summed E-state index contributed by atoms with van der Waals surface area (Å²) < 4.78 is 12.2. The van der Waals surface area contributed by atoms with E-state index in [-0.39, 0.29) is 0 Å². The molecule has 0 radical (unpaired) electrons. The molecule has 0 aliphatic heterocycles. The molecule has 1 aromatic heterocycles. The van der Waals surface area contributed by atoms with Gasteiger partial charge in [0.25, 0.3) is 0 Å². The molecule has 0 fully saturated rings. The molecule has 1 rings (SSSR count). The van der Waals surface area contributed by atoms with E-state index in [0.29, 0.717) is 13.2 Å². The van der Waals surface area contributed by atoms with E-state index in [2.05, 4.69) is 0 Å². The molecule has 0 aliphatic carbocycles. The highest BCUT2D eigenvalue weighted by molar-refractivity contribution is 5.12. The number of rotatable bonds is 4. The Morgan fingerprint density at radius 2 is 2.25 bits per heavy atom. The van der Waals surface area contributed by atoms with Crippen LogP contribution in [0.5, 0.6) is 5.75 Å². The van der Waals surface area contributed by atoms with Crippen molar-refractivity contribution in [1.82, 2.24) is 0 Å². The summed E-state index contributed by atoms with van der Waals surface area (Å²) in [7, 11) is 3.62. The van der Waals surface area contributed by atoms with Crippen LogP contribution in [0.2, 0.25) is 0 Å². The fraction of sp³-hybridized carbons (Fsp3) is 0.444. The first kappa shape index (κ1) is 9.00. The summed E-state index contributed by atoms with van der Waals surface area (Å²) in [6.45, 7) is 1.22. The van der Waals surface area contributed by atoms with Gasteiger partial charge in [-0.25, -0.2) is 4.57 Å². The molecule has 0 N–H and O–H groups in total. The summed E-state index contributed by atoms with van der Waals surface area (Å²) in [6.07, 6.45) is 3.89. The first-order valence-electron chi connectivity index (χ1n) is 3.90. The van der Waals surface area contributed by atoms with Crippen LogP contribution in [0.25, 0.3) is 0 Å². The SMILES string of the molecule is COCCOc1ccc[n+](C)c1. The van der Waals surface area contributed by atoms with Gasteiger partial charge in [-0.3, -0.25) is 0 Å². The summed E-state index contributed by atoms with van der Waals surface area (Å²) in [5.74, 6) is 0.872. The summed E-state index contributed by atoms with van der Waals surface area (Å²) in [5.41, 5.74) is 0. The van der Waals surface area contributed by atoms with Gasteiger partial charge >= 0.3 is 0 Å². The van der Waals surface area contributed by atoms with E-state index in [9.17, 15) is 0 Å². The third-order valence-electron chi connectivity index (χ3n) is 1.47. The lowest BCUT2D eigenvalue weighted by atomic mass is 10.4. The first-order chi connectivity index (χ1) is 5.83. The second kappa shape index (κ2) is 4.72. The van der Waals surface area contributed by atoms with Crippen molar-refractivity contribution >= 4 is 0 Å². The number of ether oxygens (including phenoxy) is 2. The zero-order chi connectivity index (χ0) is 8.81. The van der Waals surface area contributed by atoms with E-state index in [1.807, 2.05) is 36.1 Å². The van der Waals surface area contributed by atoms with Crippen LogP contribution in [-0.2, 0) is 11.8 Å². The number of nitrogens with zero attached hydrogens (tertiary/aromatic N) is 1. The normalized spacial score (nSPS) is 9.83. The van der Waals surface area contributed by atoms with Gasteiger partial charge in [-0.1, -0.05) is 0 Å². The molecule has 0 saturated heterocycles. The molecule has 0 saturated carbocycles. The maximum Gasteiger partial charge on any atom is 0.210 e. The lowest BCUT2D eigenvalue weighted by Crippen LogP contribution is -2.26. The van der Waals surface area contributed by atoms with Gasteiger partial charge in [-0.2, -0.15) is 0 Å². The van der Waals surface area contributed by atoms with Gasteiger partial charge in [0.1, 0.15) is 13.7 Å². The van der Waals surface area contributed by atoms with Crippen molar-refractivity contribution in [1.29, 1.82) is 0 Å². The summed E-state index contributed by atoms with van der Waals surface area (Å²) >= 11 is 0. The van der Waals surface area contributed by atoms with E-state index in [0.717, 1.165) is 5.75 Å². The van der Waals surface area contributed by atoms with Crippen molar-refractivity contribution in [3.63, 3.8) is 0 Å². The van der Waals surface area contributed by atoms with Crippen LogP contribution in [-0.4, -0.2) is 20.3 Å². The molecule has 0 atom stereocenters. The van der Waals surface area contributed by atoms with Crippen LogP contribution in [0.4, 0.5) is 0 Å². The van der Waals surface area contributed by atoms with Gasteiger partial charge in [-0.05, 0) is 6.07 Å². The summed E-state index contributed by atoms with van der Waals surface area (Å²) in [4.78, 5) is 0. The summed E-state index contributed by atoms with van der Waals surface area (Å²) in [6, 6.07) is 3.87. The van der Waals surface area contributed by atoms with E-state index < -0.39 is 0 Å². The van der Waals surface area contributed by atoms with Gasteiger partial charge in [-0.15, -0.1) is 0 Å². The third-order valence-corrected chi connectivity index (χ3v) is 1.47. The zero-order valence-corrected chi connectivity index (χ0v) is 7.49. The minimum absolute atomic E-state index is 0.598. The molecule has 0 bridgehead atoms. The number of pyridine rings is 1. The Bertz CT molecular complexity index is 238. The van der Waals surface area contributed by atoms with E-state index >= 15 is 0 Å². The predicted molar refractivity (Wildman–Crippen MR) is 45.0 cm³/mol. The second-order valence-corrected chi connectivity index (χ2v) is 2.55. The largest absolute Gasteiger partial charge is 0.485 e. The lowest BCUT2D eigenvalue weighted by molar-refractivity contribution is -0.671. The molecular weight excluding hydrogens is 154 g/mol. The van der Waals surface area contributed by atoms with Gasteiger partial charge in [0, 0.05) is 13.2 Å². The summed E-state index contributed by atoms with van der Waals surface area (Å²) in [5, 5.41) is 0. The van der Waals surface area contributed by atoms with Crippen molar-refractivity contribution in [2.45, 2.75) is 0 Å². The average Bonchev–Trinajstić information content (AvgIpc) is 2.05. The van der Waals surface area contributed by atoms with Crippen LogP contribution < -0.4 is 9.30 Å². The fourth-order valence-corrected chi connectivity index (χ4v) is 0.889. The number of hydrogen-bond donors (Lipinski definition) is 0. The number of aromatic nitrogens is 1. The second-order valence-electron chi connectivity index (χ2n) is 2.55. The molecule has 0 amide bonds. The van der Waals surface area contributed by atoms with Crippen molar-refractivity contribution < 1.29 is 14.0 Å². The Morgan fingerprint density at radius 3 is 2.92 bits per heavy atom. The quantitative estimate of drug-likeness (QED) is 0.483. The van der Waals surface area contributed by atoms with E-state index in [1.165, 1.54) is 0 Å². The highest BCUT2D eigenvalue weighted by Gasteiger charge is 1.97. The monoisotopic (exact) mass is 168 g/mol. The van der Waals surface area contributed by atoms with Gasteiger partial charge in [0.15, 0.2) is 11.9 Å². The predicted octanol–water partition coefficient (Wildman–Crippen LogP) is 0.536. The molecule has 3 heteroatoms. The molecule has 66 valence electrons. The zero-order valence-electron chi connectivity index (χ0n) is 7.49. The Morgan fingerprint density at radius 1 is 1.42 bits per heavy atom. The first-order valence-corrected chi connectivity index (χ1v) is 3.90. The third kappa shape index (κ3) is 2.88. The molecule has 12 heavy (non-hydrogen) atoms. The number of hydrogen-bond acceptors (Lipinski definition) is 2. The van der Waals surface area contributed by atoms with Crippen molar-refractivity contribution in [3.8, 4) is 5.75 Å². The minimum Gasteiger partial charge on any atom is -0.485 e. The van der Waals surface area contributed by atoms with Gasteiger partial charge in [0.05, 0.1) is 6.61 Å². The average molecular weight is 168 g/mol. The maximum absolute atomic E-state index is 5.38. The number of methoxy groups -OCH3 is 1. The van der Waals surface area contributed by atoms with E-state index in [1.54, 1.807) is 7.11 Å². The molecule has 0 spiro atoms. The van der Waals surface area contributed by atoms with Crippen LogP contribution in [0, 0.1) is 0 Å². The van der Waals surface area contributed by atoms with Gasteiger partial charge in [0.2, 0.25) is 6.20 Å². The Balaban J connectivity index is 2.41. The smallest absolute Gasteiger partial charge is 0.210 e. The molecule has 0 aliphatic rings. The number of aryl methyl sites for hydroxylation is 1. The molecule has 1 aromatic rings. The maximum atomic E-state index is 5.38. The highest BCUT2D eigenvalue weighted by atomic mass is 16.5. The Labute approximate surface area is 72.5 Å². The van der Waals surface area contributed by atoms with Crippen LogP contribution in [0.1, 0.15) is 0 Å². The topological polar surface area (TPSA) is 22.3 Å². The Kier molecular flexibility index (Phi) is 3.54. The van der Waals surface area contributed by atoms with Crippen molar-refractivity contribution in [2.24, 2.45) is 7.05 Å². The molecule has 0 unspecified atom stereocenters. The fourth-order valence-electron chi connectivity index (χ4n) is 0.889. The molecular formula is C9H14NO2+. The van der Waals surface area contributed by atoms with Gasteiger partial charge < -0.3 is 9.47 Å².